The molecule has 5 heteroatoms. The maximum absolute atomic E-state index is 4.32. The van der Waals surface area contributed by atoms with Crippen LogP contribution in [0, 0.1) is 13.8 Å². The molecule has 0 aliphatic heterocycles. The zero-order chi connectivity index (χ0) is 9.42. The molecule has 0 fully saturated rings. The molecule has 2 aromatic rings. The SMILES string of the molecule is CSc1nnc(C)n2nc(C)cc12. The summed E-state index contributed by atoms with van der Waals surface area (Å²) in [5, 5.41) is 13.4. The average molecular weight is 194 g/mol. The highest BCUT2D eigenvalue weighted by Gasteiger charge is 2.07. The molecule has 0 saturated heterocycles. The van der Waals surface area contributed by atoms with Gasteiger partial charge in [-0.25, -0.2) is 4.52 Å². The van der Waals surface area contributed by atoms with Crippen molar-refractivity contribution in [2.24, 2.45) is 0 Å². The molecule has 0 N–H and O–H groups in total. The van der Waals surface area contributed by atoms with Crippen molar-refractivity contribution in [3.8, 4) is 0 Å². The second-order valence-corrected chi connectivity index (χ2v) is 3.63. The molecule has 4 nitrogen and oxygen atoms in total. The smallest absolute Gasteiger partial charge is 0.150 e. The predicted octanol–water partition coefficient (Wildman–Crippen LogP) is 1.46. The van der Waals surface area contributed by atoms with Crippen molar-refractivity contribution in [3.63, 3.8) is 0 Å². The summed E-state index contributed by atoms with van der Waals surface area (Å²) in [5.74, 6) is 0.820. The second kappa shape index (κ2) is 2.99. The second-order valence-electron chi connectivity index (χ2n) is 2.84. The molecule has 2 rings (SSSR count). The molecule has 0 aliphatic carbocycles. The van der Waals surface area contributed by atoms with Crippen molar-refractivity contribution in [2.75, 3.05) is 6.26 Å². The van der Waals surface area contributed by atoms with E-state index in [4.69, 9.17) is 0 Å². The van der Waals surface area contributed by atoms with Gasteiger partial charge in [-0.3, -0.25) is 0 Å². The number of aryl methyl sites for hydroxylation is 2. The van der Waals surface area contributed by atoms with E-state index in [0.717, 1.165) is 22.1 Å². The lowest BCUT2D eigenvalue weighted by Gasteiger charge is -1.99. The van der Waals surface area contributed by atoms with Crippen LogP contribution in [0.25, 0.3) is 5.52 Å². The molecule has 0 bridgehead atoms. The van der Waals surface area contributed by atoms with Gasteiger partial charge in [-0.15, -0.1) is 22.0 Å². The number of hydrogen-bond donors (Lipinski definition) is 0. The van der Waals surface area contributed by atoms with E-state index in [9.17, 15) is 0 Å². The molecular formula is C8H10N4S. The minimum absolute atomic E-state index is 0.820. The van der Waals surface area contributed by atoms with Gasteiger partial charge >= 0.3 is 0 Å². The molecule has 0 unspecified atom stereocenters. The van der Waals surface area contributed by atoms with Crippen LogP contribution in [0.15, 0.2) is 11.1 Å². The van der Waals surface area contributed by atoms with E-state index in [1.165, 1.54) is 0 Å². The van der Waals surface area contributed by atoms with Crippen LogP contribution in [0.4, 0.5) is 0 Å². The molecule has 2 aromatic heterocycles. The van der Waals surface area contributed by atoms with Crippen molar-refractivity contribution in [2.45, 2.75) is 18.9 Å². The normalized spacial score (nSPS) is 11.0. The number of rotatable bonds is 1. The summed E-state index contributed by atoms with van der Waals surface area (Å²) in [6.45, 7) is 3.87. The summed E-state index contributed by atoms with van der Waals surface area (Å²) in [7, 11) is 0. The van der Waals surface area contributed by atoms with Crippen LogP contribution in [0.3, 0.4) is 0 Å². The summed E-state index contributed by atoms with van der Waals surface area (Å²) in [6.07, 6.45) is 1.99. The lowest BCUT2D eigenvalue weighted by Crippen LogP contribution is -2.00. The number of hydrogen-bond acceptors (Lipinski definition) is 4. The third-order valence-corrected chi connectivity index (χ3v) is 2.51. The van der Waals surface area contributed by atoms with Gasteiger partial charge < -0.3 is 0 Å². The number of aromatic nitrogens is 4. The zero-order valence-corrected chi connectivity index (χ0v) is 8.59. The Hall–Kier alpha value is -1.10. The lowest BCUT2D eigenvalue weighted by molar-refractivity contribution is 0.765. The Morgan fingerprint density at radius 3 is 2.77 bits per heavy atom. The number of thioether (sulfide) groups is 1. The predicted molar refractivity (Wildman–Crippen MR) is 52.0 cm³/mol. The van der Waals surface area contributed by atoms with Gasteiger partial charge in [0.15, 0.2) is 0 Å². The molecule has 0 atom stereocenters. The molecule has 0 saturated carbocycles. The fourth-order valence-corrected chi connectivity index (χ4v) is 1.73. The number of fused-ring (bicyclic) bond motifs is 1. The molecule has 0 radical (unpaired) electrons. The summed E-state index contributed by atoms with van der Waals surface area (Å²) >= 11 is 1.59. The molecule has 0 aromatic carbocycles. The van der Waals surface area contributed by atoms with Gasteiger partial charge in [0.1, 0.15) is 16.4 Å². The quantitative estimate of drug-likeness (QED) is 0.645. The summed E-state index contributed by atoms with van der Waals surface area (Å²) in [4.78, 5) is 0. The van der Waals surface area contributed by atoms with Crippen molar-refractivity contribution in [1.82, 2.24) is 19.8 Å². The molecule has 68 valence electrons. The van der Waals surface area contributed by atoms with Crippen molar-refractivity contribution in [3.05, 3.63) is 17.6 Å². The minimum Gasteiger partial charge on any atom is -0.215 e. The van der Waals surface area contributed by atoms with Crippen LogP contribution < -0.4 is 0 Å². The van der Waals surface area contributed by atoms with Crippen LogP contribution in [-0.2, 0) is 0 Å². The van der Waals surface area contributed by atoms with Crippen LogP contribution >= 0.6 is 11.8 Å². The Balaban J connectivity index is 2.83. The minimum atomic E-state index is 0.820. The van der Waals surface area contributed by atoms with E-state index in [0.29, 0.717) is 0 Å². The van der Waals surface area contributed by atoms with Crippen molar-refractivity contribution in [1.29, 1.82) is 0 Å². The van der Waals surface area contributed by atoms with Gasteiger partial charge in [0.2, 0.25) is 0 Å². The van der Waals surface area contributed by atoms with E-state index in [-0.39, 0.29) is 0 Å². The Morgan fingerprint density at radius 1 is 1.31 bits per heavy atom. The van der Waals surface area contributed by atoms with Gasteiger partial charge in [-0.2, -0.15) is 5.10 Å². The van der Waals surface area contributed by atoms with Crippen LogP contribution in [-0.4, -0.2) is 26.1 Å². The monoisotopic (exact) mass is 194 g/mol. The standard InChI is InChI=1S/C8H10N4S/c1-5-4-7-8(13-3)10-9-6(2)12(7)11-5/h4H,1-3H3. The largest absolute Gasteiger partial charge is 0.215 e. The molecule has 2 heterocycles. The maximum Gasteiger partial charge on any atom is 0.150 e. The molecule has 0 aliphatic rings. The first-order chi connectivity index (χ1) is 6.22. The average Bonchev–Trinajstić information content (AvgIpc) is 2.48. The van der Waals surface area contributed by atoms with Gasteiger partial charge in [0, 0.05) is 0 Å². The van der Waals surface area contributed by atoms with Gasteiger partial charge in [-0.05, 0) is 26.2 Å². The summed E-state index contributed by atoms with van der Waals surface area (Å²) in [5.41, 5.74) is 2.03. The van der Waals surface area contributed by atoms with Crippen LogP contribution in [0.5, 0.6) is 0 Å². The van der Waals surface area contributed by atoms with E-state index >= 15 is 0 Å². The first-order valence-electron chi connectivity index (χ1n) is 3.96. The molecule has 13 heavy (non-hydrogen) atoms. The zero-order valence-electron chi connectivity index (χ0n) is 7.77. The Morgan fingerprint density at radius 2 is 2.08 bits per heavy atom. The first kappa shape index (κ1) is 8.50. The van der Waals surface area contributed by atoms with Gasteiger partial charge in [0.25, 0.3) is 0 Å². The van der Waals surface area contributed by atoms with Crippen molar-refractivity contribution < 1.29 is 0 Å². The molecular weight excluding hydrogens is 184 g/mol. The van der Waals surface area contributed by atoms with E-state index in [1.807, 2.05) is 30.7 Å². The van der Waals surface area contributed by atoms with E-state index in [2.05, 4.69) is 15.3 Å². The van der Waals surface area contributed by atoms with E-state index in [1.54, 1.807) is 11.8 Å². The topological polar surface area (TPSA) is 43.1 Å². The van der Waals surface area contributed by atoms with Gasteiger partial charge in [-0.1, -0.05) is 0 Å². The first-order valence-corrected chi connectivity index (χ1v) is 5.18. The molecule has 0 amide bonds. The third kappa shape index (κ3) is 1.29. The fourth-order valence-electron chi connectivity index (χ4n) is 1.26. The highest BCUT2D eigenvalue weighted by atomic mass is 32.2. The van der Waals surface area contributed by atoms with Crippen molar-refractivity contribution >= 4 is 17.3 Å². The maximum atomic E-state index is 4.32. The highest BCUT2D eigenvalue weighted by Crippen LogP contribution is 2.18. The van der Waals surface area contributed by atoms with Crippen LogP contribution in [0.1, 0.15) is 11.5 Å². The van der Waals surface area contributed by atoms with E-state index < -0.39 is 0 Å². The number of nitrogens with zero attached hydrogens (tertiary/aromatic N) is 4. The summed E-state index contributed by atoms with van der Waals surface area (Å²) in [6, 6.07) is 2.02. The highest BCUT2D eigenvalue weighted by molar-refractivity contribution is 7.98. The molecule has 0 spiro atoms. The Kier molecular flexibility index (Phi) is 1.95. The lowest BCUT2D eigenvalue weighted by atomic mass is 10.4. The van der Waals surface area contributed by atoms with Crippen LogP contribution in [0.2, 0.25) is 0 Å². The van der Waals surface area contributed by atoms with Gasteiger partial charge in [0.05, 0.1) is 5.69 Å². The Labute approximate surface area is 80.4 Å². The third-order valence-electron chi connectivity index (χ3n) is 1.84. The Bertz CT molecular complexity index is 449. The fraction of sp³-hybridized carbons (Fsp3) is 0.375. The summed E-state index contributed by atoms with van der Waals surface area (Å²) < 4.78 is 1.83.